The SMILES string of the molecule is COc1ccccc1NC(=O)CNCc1cccc(F)c1. The Morgan fingerprint density at radius 1 is 1.19 bits per heavy atom. The van der Waals surface area contributed by atoms with E-state index < -0.39 is 0 Å². The number of carbonyl (C=O) groups excluding carboxylic acids is 1. The lowest BCUT2D eigenvalue weighted by Gasteiger charge is -2.10. The lowest BCUT2D eigenvalue weighted by molar-refractivity contribution is -0.115. The van der Waals surface area contributed by atoms with Crippen LogP contribution in [-0.4, -0.2) is 19.6 Å². The van der Waals surface area contributed by atoms with Crippen LogP contribution in [0.25, 0.3) is 0 Å². The molecule has 4 nitrogen and oxygen atoms in total. The lowest BCUT2D eigenvalue weighted by atomic mass is 10.2. The van der Waals surface area contributed by atoms with E-state index in [0.717, 1.165) is 5.56 Å². The van der Waals surface area contributed by atoms with E-state index in [0.29, 0.717) is 18.0 Å². The minimum atomic E-state index is -0.284. The van der Waals surface area contributed by atoms with Crippen molar-refractivity contribution < 1.29 is 13.9 Å². The molecule has 110 valence electrons. The Bertz CT molecular complexity index is 617. The van der Waals surface area contributed by atoms with Gasteiger partial charge in [-0.05, 0) is 29.8 Å². The summed E-state index contributed by atoms with van der Waals surface area (Å²) in [6.45, 7) is 0.561. The molecule has 1 amide bonds. The van der Waals surface area contributed by atoms with Gasteiger partial charge in [0.2, 0.25) is 5.91 Å². The van der Waals surface area contributed by atoms with Gasteiger partial charge in [0, 0.05) is 6.54 Å². The molecule has 0 fully saturated rings. The smallest absolute Gasteiger partial charge is 0.238 e. The molecule has 0 atom stereocenters. The molecular weight excluding hydrogens is 271 g/mol. The van der Waals surface area contributed by atoms with E-state index in [-0.39, 0.29) is 18.3 Å². The number of halogens is 1. The second-order valence-corrected chi connectivity index (χ2v) is 4.48. The van der Waals surface area contributed by atoms with Gasteiger partial charge < -0.3 is 15.4 Å². The van der Waals surface area contributed by atoms with Crippen LogP contribution < -0.4 is 15.4 Å². The standard InChI is InChI=1S/C16H17FN2O2/c1-21-15-8-3-2-7-14(15)19-16(20)11-18-10-12-5-4-6-13(17)9-12/h2-9,18H,10-11H2,1H3,(H,19,20). The molecular formula is C16H17FN2O2. The molecule has 0 aliphatic rings. The van der Waals surface area contributed by atoms with Crippen molar-refractivity contribution in [3.8, 4) is 5.75 Å². The molecule has 0 aromatic heterocycles. The fraction of sp³-hybridized carbons (Fsp3) is 0.188. The van der Waals surface area contributed by atoms with Crippen molar-refractivity contribution in [3.63, 3.8) is 0 Å². The zero-order valence-corrected chi connectivity index (χ0v) is 11.7. The van der Waals surface area contributed by atoms with Crippen molar-refractivity contribution >= 4 is 11.6 Å². The highest BCUT2D eigenvalue weighted by Crippen LogP contribution is 2.22. The number of benzene rings is 2. The van der Waals surface area contributed by atoms with Gasteiger partial charge in [-0.1, -0.05) is 24.3 Å². The van der Waals surface area contributed by atoms with Crippen molar-refractivity contribution in [2.24, 2.45) is 0 Å². The summed E-state index contributed by atoms with van der Waals surface area (Å²) in [4.78, 5) is 11.8. The first kappa shape index (κ1) is 15.0. The van der Waals surface area contributed by atoms with Crippen LogP contribution in [0.15, 0.2) is 48.5 Å². The van der Waals surface area contributed by atoms with Crippen LogP contribution in [0.5, 0.6) is 5.75 Å². The normalized spacial score (nSPS) is 10.2. The van der Waals surface area contributed by atoms with E-state index in [4.69, 9.17) is 4.74 Å². The predicted molar refractivity (Wildman–Crippen MR) is 79.7 cm³/mol. The molecule has 0 aliphatic heterocycles. The minimum absolute atomic E-state index is 0.133. The molecule has 0 heterocycles. The Hall–Kier alpha value is -2.40. The lowest BCUT2D eigenvalue weighted by Crippen LogP contribution is -2.27. The third-order valence-corrected chi connectivity index (χ3v) is 2.88. The van der Waals surface area contributed by atoms with Gasteiger partial charge in [0.1, 0.15) is 11.6 Å². The van der Waals surface area contributed by atoms with Gasteiger partial charge in [-0.25, -0.2) is 4.39 Å². The largest absolute Gasteiger partial charge is 0.495 e. The number of nitrogens with one attached hydrogen (secondary N) is 2. The van der Waals surface area contributed by atoms with Crippen LogP contribution in [0, 0.1) is 5.82 Å². The summed E-state index contributed by atoms with van der Waals surface area (Å²) in [5, 5.41) is 5.73. The number of methoxy groups -OCH3 is 1. The van der Waals surface area contributed by atoms with Crippen LogP contribution in [0.3, 0.4) is 0 Å². The monoisotopic (exact) mass is 288 g/mol. The number of hydrogen-bond donors (Lipinski definition) is 2. The van der Waals surface area contributed by atoms with Crippen molar-refractivity contribution in [1.82, 2.24) is 5.32 Å². The second kappa shape index (κ2) is 7.40. The Morgan fingerprint density at radius 2 is 2.00 bits per heavy atom. The van der Waals surface area contributed by atoms with E-state index in [9.17, 15) is 9.18 Å². The molecule has 0 saturated carbocycles. The summed E-state index contributed by atoms with van der Waals surface area (Å²) in [6, 6.07) is 13.5. The van der Waals surface area contributed by atoms with Crippen LogP contribution >= 0.6 is 0 Å². The summed E-state index contributed by atoms with van der Waals surface area (Å²) < 4.78 is 18.2. The Balaban J connectivity index is 1.82. The Kier molecular flexibility index (Phi) is 5.29. The molecule has 5 heteroatoms. The first-order valence-corrected chi connectivity index (χ1v) is 6.57. The predicted octanol–water partition coefficient (Wildman–Crippen LogP) is 2.56. The number of rotatable bonds is 6. The van der Waals surface area contributed by atoms with Crippen LogP contribution in [-0.2, 0) is 11.3 Å². The average molecular weight is 288 g/mol. The van der Waals surface area contributed by atoms with Crippen molar-refractivity contribution in [1.29, 1.82) is 0 Å². The third kappa shape index (κ3) is 4.57. The fourth-order valence-corrected chi connectivity index (χ4v) is 1.91. The highest BCUT2D eigenvalue weighted by atomic mass is 19.1. The first-order chi connectivity index (χ1) is 10.2. The molecule has 2 aromatic carbocycles. The highest BCUT2D eigenvalue weighted by Gasteiger charge is 2.06. The molecule has 21 heavy (non-hydrogen) atoms. The molecule has 2 rings (SSSR count). The summed E-state index contributed by atoms with van der Waals surface area (Å²) in [6.07, 6.45) is 0. The van der Waals surface area contributed by atoms with Gasteiger partial charge in [-0.2, -0.15) is 0 Å². The first-order valence-electron chi connectivity index (χ1n) is 6.57. The Labute approximate surface area is 122 Å². The number of carbonyl (C=O) groups is 1. The molecule has 0 saturated heterocycles. The zero-order chi connectivity index (χ0) is 15.1. The maximum atomic E-state index is 13.0. The summed E-state index contributed by atoms with van der Waals surface area (Å²) >= 11 is 0. The van der Waals surface area contributed by atoms with Gasteiger partial charge in [0.25, 0.3) is 0 Å². The van der Waals surface area contributed by atoms with Crippen LogP contribution in [0.2, 0.25) is 0 Å². The summed E-state index contributed by atoms with van der Waals surface area (Å²) in [5.74, 6) is 0.139. The van der Waals surface area contributed by atoms with Gasteiger partial charge in [0.15, 0.2) is 0 Å². The summed E-state index contributed by atoms with van der Waals surface area (Å²) in [7, 11) is 1.55. The van der Waals surface area contributed by atoms with Crippen molar-refractivity contribution in [3.05, 3.63) is 59.9 Å². The Morgan fingerprint density at radius 3 is 2.76 bits per heavy atom. The van der Waals surface area contributed by atoms with Gasteiger partial charge in [-0.3, -0.25) is 4.79 Å². The quantitative estimate of drug-likeness (QED) is 0.859. The maximum absolute atomic E-state index is 13.0. The van der Waals surface area contributed by atoms with E-state index >= 15 is 0 Å². The van der Waals surface area contributed by atoms with Gasteiger partial charge in [-0.15, -0.1) is 0 Å². The number of anilines is 1. The topological polar surface area (TPSA) is 50.4 Å². The van der Waals surface area contributed by atoms with E-state index in [1.807, 2.05) is 12.1 Å². The average Bonchev–Trinajstić information content (AvgIpc) is 2.48. The zero-order valence-electron chi connectivity index (χ0n) is 11.7. The number of amides is 1. The van der Waals surface area contributed by atoms with Crippen LogP contribution in [0.4, 0.5) is 10.1 Å². The molecule has 0 spiro atoms. The molecule has 2 N–H and O–H groups in total. The molecule has 0 bridgehead atoms. The molecule has 0 unspecified atom stereocenters. The highest BCUT2D eigenvalue weighted by molar-refractivity contribution is 5.93. The van der Waals surface area contributed by atoms with E-state index in [1.54, 1.807) is 31.4 Å². The van der Waals surface area contributed by atoms with Crippen molar-refractivity contribution in [2.75, 3.05) is 19.0 Å². The molecule has 0 radical (unpaired) electrons. The number of hydrogen-bond acceptors (Lipinski definition) is 3. The van der Waals surface area contributed by atoms with Gasteiger partial charge in [0.05, 0.1) is 19.3 Å². The molecule has 0 aliphatic carbocycles. The summed E-state index contributed by atoms with van der Waals surface area (Å²) in [5.41, 5.74) is 1.41. The van der Waals surface area contributed by atoms with Gasteiger partial charge >= 0.3 is 0 Å². The van der Waals surface area contributed by atoms with Crippen molar-refractivity contribution in [2.45, 2.75) is 6.54 Å². The number of ether oxygens (including phenoxy) is 1. The van der Waals surface area contributed by atoms with Crippen LogP contribution in [0.1, 0.15) is 5.56 Å². The fourth-order valence-electron chi connectivity index (χ4n) is 1.91. The molecule has 2 aromatic rings. The minimum Gasteiger partial charge on any atom is -0.495 e. The third-order valence-electron chi connectivity index (χ3n) is 2.88. The second-order valence-electron chi connectivity index (χ2n) is 4.48. The van der Waals surface area contributed by atoms with E-state index in [2.05, 4.69) is 10.6 Å². The number of para-hydroxylation sites is 2. The maximum Gasteiger partial charge on any atom is 0.238 e. The van der Waals surface area contributed by atoms with E-state index in [1.165, 1.54) is 12.1 Å².